The Hall–Kier alpha value is -1.79. The Morgan fingerprint density at radius 1 is 1.03 bits per heavy atom. The highest BCUT2D eigenvalue weighted by atomic mass is 19.5. The van der Waals surface area contributed by atoms with Gasteiger partial charge in [0.15, 0.2) is 0 Å². The second-order valence-electron chi connectivity index (χ2n) is 9.53. The highest BCUT2D eigenvalue weighted by molar-refractivity contribution is 6.50. The van der Waals surface area contributed by atoms with Gasteiger partial charge in [-0.15, -0.1) is 0 Å². The van der Waals surface area contributed by atoms with E-state index in [1.54, 1.807) is 0 Å². The standard InChI is InChI=1S/C22H31N2.BF4/c1-14-9-15(2)21(16(3)10-14)24-8-7-23(13-24)20-12-18-11-19(17(20)4)22(18,5)6;2-1(3,4)5/h7-10,13,17-20H,11-12H2,1-6H3;/q+1;-1/t17-,18+,19-,20-;/m1./s1. The van der Waals surface area contributed by atoms with Crippen LogP contribution in [0.5, 0.6) is 0 Å². The van der Waals surface area contributed by atoms with Gasteiger partial charge in [0.05, 0.1) is 0 Å². The van der Waals surface area contributed by atoms with E-state index in [2.05, 4.69) is 81.5 Å². The molecule has 4 atom stereocenters. The van der Waals surface area contributed by atoms with Gasteiger partial charge < -0.3 is 17.3 Å². The van der Waals surface area contributed by atoms with E-state index in [1.165, 1.54) is 35.2 Å². The van der Waals surface area contributed by atoms with Crippen molar-refractivity contribution in [2.75, 3.05) is 0 Å². The largest absolute Gasteiger partial charge is 0.673 e. The van der Waals surface area contributed by atoms with E-state index in [1.807, 2.05) is 0 Å². The normalized spacial score (nSPS) is 27.7. The molecule has 1 aromatic carbocycles. The molecule has 0 aliphatic heterocycles. The monoisotopic (exact) mass is 410 g/mol. The quantitative estimate of drug-likeness (QED) is 0.315. The summed E-state index contributed by atoms with van der Waals surface area (Å²) >= 11 is 0. The number of aromatic nitrogens is 2. The Morgan fingerprint density at radius 3 is 2.07 bits per heavy atom. The minimum absolute atomic E-state index is 0.559. The second-order valence-corrected chi connectivity index (χ2v) is 9.53. The molecule has 7 heteroatoms. The van der Waals surface area contributed by atoms with Crippen LogP contribution in [0.1, 0.15) is 56.3 Å². The predicted octanol–water partition coefficient (Wildman–Crippen LogP) is 6.23. The third-order valence-corrected chi connectivity index (χ3v) is 7.25. The summed E-state index contributed by atoms with van der Waals surface area (Å²) in [4.78, 5) is 0. The number of nitrogens with zero attached hydrogens (tertiary/aromatic N) is 2. The maximum Gasteiger partial charge on any atom is 0.673 e. The molecular formula is C22H31BF4N2. The van der Waals surface area contributed by atoms with E-state index in [0.717, 1.165) is 17.8 Å². The van der Waals surface area contributed by atoms with Crippen LogP contribution in [0, 0.1) is 43.9 Å². The molecule has 3 aliphatic carbocycles. The molecule has 2 aromatic rings. The lowest BCUT2D eigenvalue weighted by Gasteiger charge is -2.61. The second kappa shape index (κ2) is 7.48. The lowest BCUT2D eigenvalue weighted by atomic mass is 9.44. The molecule has 0 N–H and O–H groups in total. The van der Waals surface area contributed by atoms with E-state index in [0.29, 0.717) is 11.5 Å². The molecule has 29 heavy (non-hydrogen) atoms. The summed E-state index contributed by atoms with van der Waals surface area (Å²) in [5.41, 5.74) is 5.96. The van der Waals surface area contributed by atoms with Crippen molar-refractivity contribution in [3.05, 3.63) is 47.5 Å². The highest BCUT2D eigenvalue weighted by Gasteiger charge is 2.57. The molecule has 2 bridgehead atoms. The van der Waals surface area contributed by atoms with Crippen LogP contribution in [-0.4, -0.2) is 11.8 Å². The first kappa shape index (κ1) is 21.9. The first-order valence-corrected chi connectivity index (χ1v) is 10.3. The van der Waals surface area contributed by atoms with Gasteiger partial charge in [0, 0.05) is 5.92 Å². The molecule has 0 amide bonds. The van der Waals surface area contributed by atoms with E-state index in [4.69, 9.17) is 0 Å². The van der Waals surface area contributed by atoms with Crippen LogP contribution in [-0.2, 0) is 0 Å². The molecular weight excluding hydrogens is 379 g/mol. The van der Waals surface area contributed by atoms with E-state index >= 15 is 0 Å². The van der Waals surface area contributed by atoms with Crippen LogP contribution in [0.3, 0.4) is 0 Å². The fourth-order valence-electron chi connectivity index (χ4n) is 5.79. The summed E-state index contributed by atoms with van der Waals surface area (Å²) < 4.78 is 43.8. The van der Waals surface area contributed by atoms with Gasteiger partial charge in [-0.1, -0.05) is 38.5 Å². The number of aryl methyl sites for hydroxylation is 3. The minimum Gasteiger partial charge on any atom is -0.418 e. The fourth-order valence-corrected chi connectivity index (χ4v) is 5.79. The Balaban J connectivity index is 0.000000431. The molecule has 1 aromatic heterocycles. The molecule has 2 nitrogen and oxygen atoms in total. The number of imidazole rings is 1. The molecule has 5 rings (SSSR count). The zero-order valence-electron chi connectivity index (χ0n) is 18.1. The van der Waals surface area contributed by atoms with Gasteiger partial charge in [-0.2, -0.15) is 0 Å². The lowest BCUT2D eigenvalue weighted by Crippen LogP contribution is -2.60. The van der Waals surface area contributed by atoms with Crippen molar-refractivity contribution in [1.82, 2.24) is 4.57 Å². The fraction of sp³-hybridized carbons (Fsp3) is 0.591. The molecule has 0 saturated heterocycles. The first-order valence-electron chi connectivity index (χ1n) is 10.3. The average molecular weight is 410 g/mol. The van der Waals surface area contributed by atoms with E-state index < -0.39 is 7.25 Å². The van der Waals surface area contributed by atoms with Crippen molar-refractivity contribution in [3.8, 4) is 5.69 Å². The summed E-state index contributed by atoms with van der Waals surface area (Å²) in [6.07, 6.45) is 9.64. The Kier molecular flexibility index (Phi) is 5.65. The van der Waals surface area contributed by atoms with Crippen LogP contribution < -0.4 is 4.57 Å². The first-order chi connectivity index (χ1) is 13.3. The smallest absolute Gasteiger partial charge is 0.418 e. The average Bonchev–Trinajstić information content (AvgIpc) is 3.01. The van der Waals surface area contributed by atoms with Gasteiger partial charge in [-0.05, 0) is 62.0 Å². The number of benzene rings is 1. The summed E-state index contributed by atoms with van der Waals surface area (Å²) in [6.45, 7) is 14.1. The van der Waals surface area contributed by atoms with Crippen molar-refractivity contribution in [3.63, 3.8) is 0 Å². The number of hydrogen-bond donors (Lipinski definition) is 0. The van der Waals surface area contributed by atoms with Crippen LogP contribution in [0.25, 0.3) is 5.69 Å². The topological polar surface area (TPSA) is 8.81 Å². The van der Waals surface area contributed by atoms with Gasteiger partial charge in [-0.25, -0.2) is 9.13 Å². The van der Waals surface area contributed by atoms with Crippen LogP contribution in [0.4, 0.5) is 17.3 Å². The summed E-state index contributed by atoms with van der Waals surface area (Å²) in [6, 6.07) is 5.23. The predicted molar refractivity (Wildman–Crippen MR) is 109 cm³/mol. The lowest BCUT2D eigenvalue weighted by molar-refractivity contribution is -0.737. The molecule has 0 spiro atoms. The molecule has 3 aliphatic rings. The van der Waals surface area contributed by atoms with E-state index in [-0.39, 0.29) is 0 Å². The molecule has 3 fully saturated rings. The number of hydrogen-bond acceptors (Lipinski definition) is 0. The minimum atomic E-state index is -6.00. The van der Waals surface area contributed by atoms with Crippen LogP contribution >= 0.6 is 0 Å². The number of fused-ring (bicyclic) bond motifs is 2. The van der Waals surface area contributed by atoms with Crippen molar-refractivity contribution in [2.24, 2.45) is 23.2 Å². The zero-order valence-corrected chi connectivity index (χ0v) is 18.1. The van der Waals surface area contributed by atoms with Crippen molar-refractivity contribution in [2.45, 2.75) is 60.4 Å². The van der Waals surface area contributed by atoms with Crippen molar-refractivity contribution in [1.29, 1.82) is 0 Å². The third kappa shape index (κ3) is 4.38. The van der Waals surface area contributed by atoms with Gasteiger partial charge in [-0.3, -0.25) is 0 Å². The summed E-state index contributed by atoms with van der Waals surface area (Å²) in [5, 5.41) is 0. The molecule has 0 radical (unpaired) electrons. The van der Waals surface area contributed by atoms with Gasteiger partial charge in [0.1, 0.15) is 24.1 Å². The van der Waals surface area contributed by atoms with Crippen molar-refractivity contribution < 1.29 is 21.8 Å². The Morgan fingerprint density at radius 2 is 1.59 bits per heavy atom. The molecule has 3 saturated carbocycles. The summed E-state index contributed by atoms with van der Waals surface area (Å²) in [5.74, 6) is 2.56. The molecule has 1 heterocycles. The van der Waals surface area contributed by atoms with Crippen LogP contribution in [0.2, 0.25) is 0 Å². The molecule has 160 valence electrons. The highest BCUT2D eigenvalue weighted by Crippen LogP contribution is 2.63. The zero-order chi connectivity index (χ0) is 21.7. The maximum atomic E-state index is 9.75. The summed E-state index contributed by atoms with van der Waals surface area (Å²) in [7, 11) is -6.00. The Labute approximate surface area is 171 Å². The van der Waals surface area contributed by atoms with Crippen molar-refractivity contribution >= 4 is 7.25 Å². The van der Waals surface area contributed by atoms with E-state index in [9.17, 15) is 17.3 Å². The Bertz CT molecular complexity index is 858. The van der Waals surface area contributed by atoms with Gasteiger partial charge in [0.2, 0.25) is 6.33 Å². The number of rotatable bonds is 2. The maximum absolute atomic E-state index is 9.75. The SMILES string of the molecule is Cc1cc(C)c(-n2cc[n+]([C@@H]3C[C@@H]4C[C@H]([C@H]3C)C4(C)C)c2)c(C)c1.F[B-](F)(F)F. The molecule has 0 unspecified atom stereocenters. The van der Waals surface area contributed by atoms with Gasteiger partial charge >= 0.3 is 7.25 Å². The van der Waals surface area contributed by atoms with Crippen LogP contribution in [0.15, 0.2) is 30.9 Å². The number of halogens is 4. The van der Waals surface area contributed by atoms with Gasteiger partial charge in [0.25, 0.3) is 0 Å². The third-order valence-electron chi connectivity index (χ3n) is 7.25.